The number of halogens is 1. The average Bonchev–Trinajstić information content (AvgIpc) is 2.97. The number of nitrogens with one attached hydrogen (secondary N) is 2. The molecule has 118 valence electrons. The van der Waals surface area contributed by atoms with Crippen LogP contribution in [0.25, 0.3) is 5.65 Å². The van der Waals surface area contributed by atoms with Gasteiger partial charge in [-0.15, -0.1) is 15.3 Å². The number of carbonyl (C=O) groups is 1. The van der Waals surface area contributed by atoms with Crippen LogP contribution in [0, 0.1) is 0 Å². The summed E-state index contributed by atoms with van der Waals surface area (Å²) in [5.74, 6) is 1.23. The quantitative estimate of drug-likeness (QED) is 0.745. The second kappa shape index (κ2) is 6.62. The molecule has 0 radical (unpaired) electrons. The van der Waals surface area contributed by atoms with E-state index in [1.807, 2.05) is 12.1 Å². The summed E-state index contributed by atoms with van der Waals surface area (Å²) in [4.78, 5) is 12.1. The van der Waals surface area contributed by atoms with E-state index in [-0.39, 0.29) is 5.91 Å². The molecule has 0 aliphatic carbocycles. The number of nitrogens with zero attached hydrogens (tertiary/aromatic N) is 4. The Balaban J connectivity index is 1.66. The number of benzene rings is 1. The number of carbonyl (C=O) groups excluding carboxylic acids is 1. The maximum Gasteiger partial charge on any atom is 0.251 e. The molecular formula is C15H15ClN6O. The molecule has 0 unspecified atom stereocenters. The van der Waals surface area contributed by atoms with Crippen LogP contribution in [0.2, 0.25) is 5.02 Å². The van der Waals surface area contributed by atoms with Crippen LogP contribution in [-0.2, 0) is 6.42 Å². The van der Waals surface area contributed by atoms with Gasteiger partial charge in [0.05, 0.1) is 0 Å². The molecular weight excluding hydrogens is 316 g/mol. The molecule has 0 saturated carbocycles. The molecule has 3 aromatic rings. The molecule has 2 N–H and O–H groups in total. The predicted molar refractivity (Wildman–Crippen MR) is 87.8 cm³/mol. The van der Waals surface area contributed by atoms with Crippen LogP contribution in [0.1, 0.15) is 16.2 Å². The average molecular weight is 331 g/mol. The zero-order chi connectivity index (χ0) is 16.2. The van der Waals surface area contributed by atoms with E-state index in [1.165, 1.54) is 0 Å². The van der Waals surface area contributed by atoms with E-state index >= 15 is 0 Å². The molecule has 0 aliphatic heterocycles. The molecule has 7 nitrogen and oxygen atoms in total. The van der Waals surface area contributed by atoms with Crippen LogP contribution in [0.15, 0.2) is 36.4 Å². The van der Waals surface area contributed by atoms with Crippen LogP contribution in [0.5, 0.6) is 0 Å². The Labute approximate surface area is 137 Å². The first kappa shape index (κ1) is 15.2. The third-order valence-corrected chi connectivity index (χ3v) is 3.54. The van der Waals surface area contributed by atoms with Crippen LogP contribution in [0.4, 0.5) is 5.82 Å². The topological polar surface area (TPSA) is 84.2 Å². The summed E-state index contributed by atoms with van der Waals surface area (Å²) in [6, 6.07) is 10.5. The molecule has 0 spiro atoms. The van der Waals surface area contributed by atoms with Gasteiger partial charge >= 0.3 is 0 Å². The molecule has 8 heteroatoms. The van der Waals surface area contributed by atoms with Crippen molar-refractivity contribution in [1.82, 2.24) is 25.1 Å². The Kier molecular flexibility index (Phi) is 4.38. The molecule has 2 aromatic heterocycles. The first-order valence-electron chi connectivity index (χ1n) is 7.10. The largest absolute Gasteiger partial charge is 0.372 e. The van der Waals surface area contributed by atoms with Crippen molar-refractivity contribution < 1.29 is 4.79 Å². The summed E-state index contributed by atoms with van der Waals surface area (Å²) >= 11 is 5.88. The third-order valence-electron chi connectivity index (χ3n) is 3.30. The molecule has 0 bridgehead atoms. The van der Waals surface area contributed by atoms with Crippen LogP contribution in [-0.4, -0.2) is 39.3 Å². The lowest BCUT2D eigenvalue weighted by Crippen LogP contribution is -2.26. The zero-order valence-electron chi connectivity index (χ0n) is 12.5. The van der Waals surface area contributed by atoms with Gasteiger partial charge in [-0.3, -0.25) is 4.79 Å². The van der Waals surface area contributed by atoms with Crippen LogP contribution in [0.3, 0.4) is 0 Å². The van der Waals surface area contributed by atoms with Crippen molar-refractivity contribution in [1.29, 1.82) is 0 Å². The van der Waals surface area contributed by atoms with Gasteiger partial charge < -0.3 is 10.6 Å². The molecule has 0 aliphatic rings. The fourth-order valence-corrected chi connectivity index (χ4v) is 2.33. The third kappa shape index (κ3) is 3.40. The van der Waals surface area contributed by atoms with Crippen molar-refractivity contribution >= 4 is 29.0 Å². The van der Waals surface area contributed by atoms with Gasteiger partial charge in [-0.05, 0) is 30.3 Å². The molecule has 0 atom stereocenters. The smallest absolute Gasteiger partial charge is 0.251 e. The SMILES string of the molecule is CNc1ccc2nnc(CCNC(=O)c3cccc(Cl)c3)n2n1. The van der Waals surface area contributed by atoms with Crippen molar-refractivity contribution in [2.75, 3.05) is 18.9 Å². The minimum absolute atomic E-state index is 0.176. The summed E-state index contributed by atoms with van der Waals surface area (Å²) < 4.78 is 1.66. The highest BCUT2D eigenvalue weighted by Crippen LogP contribution is 2.10. The van der Waals surface area contributed by atoms with E-state index in [4.69, 9.17) is 11.6 Å². The number of amides is 1. The van der Waals surface area contributed by atoms with E-state index in [0.717, 1.165) is 5.82 Å². The van der Waals surface area contributed by atoms with Gasteiger partial charge in [-0.1, -0.05) is 17.7 Å². The standard InChI is InChI=1S/C15H15ClN6O/c1-17-12-5-6-13-19-20-14(22(13)21-12)7-8-18-15(23)10-3-2-4-11(16)9-10/h2-6,9H,7-8H2,1H3,(H,17,21)(H,18,23). The molecule has 1 aromatic carbocycles. The van der Waals surface area contributed by atoms with Crippen LogP contribution < -0.4 is 10.6 Å². The number of rotatable bonds is 5. The fourth-order valence-electron chi connectivity index (χ4n) is 2.14. The maximum atomic E-state index is 12.1. The summed E-state index contributed by atoms with van der Waals surface area (Å²) in [6.07, 6.45) is 0.521. The first-order chi connectivity index (χ1) is 11.2. The highest BCUT2D eigenvalue weighted by Gasteiger charge is 2.09. The van der Waals surface area contributed by atoms with Gasteiger partial charge in [0.2, 0.25) is 0 Å². The molecule has 1 amide bonds. The maximum absolute atomic E-state index is 12.1. The van der Waals surface area contributed by atoms with E-state index in [2.05, 4.69) is 25.9 Å². The molecule has 3 rings (SSSR count). The fraction of sp³-hybridized carbons (Fsp3) is 0.200. The highest BCUT2D eigenvalue weighted by molar-refractivity contribution is 6.30. The lowest BCUT2D eigenvalue weighted by atomic mass is 10.2. The lowest BCUT2D eigenvalue weighted by molar-refractivity contribution is 0.0954. The number of hydrogen-bond acceptors (Lipinski definition) is 5. The minimum Gasteiger partial charge on any atom is -0.372 e. The number of anilines is 1. The Bertz CT molecular complexity index is 847. The van der Waals surface area contributed by atoms with Gasteiger partial charge in [0.1, 0.15) is 5.82 Å². The Morgan fingerprint density at radius 3 is 2.91 bits per heavy atom. The molecule has 0 saturated heterocycles. The van der Waals surface area contributed by atoms with E-state index in [0.29, 0.717) is 35.0 Å². The van der Waals surface area contributed by atoms with Crippen molar-refractivity contribution in [3.8, 4) is 0 Å². The van der Waals surface area contributed by atoms with Crippen molar-refractivity contribution in [3.63, 3.8) is 0 Å². The normalized spacial score (nSPS) is 10.7. The summed E-state index contributed by atoms with van der Waals surface area (Å²) in [5, 5.41) is 18.9. The number of fused-ring (bicyclic) bond motifs is 1. The first-order valence-corrected chi connectivity index (χ1v) is 7.48. The van der Waals surface area contributed by atoms with Crippen molar-refractivity contribution in [3.05, 3.63) is 52.8 Å². The second-order valence-electron chi connectivity index (χ2n) is 4.87. The van der Waals surface area contributed by atoms with Gasteiger partial charge in [-0.25, -0.2) is 0 Å². The molecule has 0 fully saturated rings. The van der Waals surface area contributed by atoms with Gasteiger partial charge in [-0.2, -0.15) is 4.52 Å². The highest BCUT2D eigenvalue weighted by atomic mass is 35.5. The zero-order valence-corrected chi connectivity index (χ0v) is 13.2. The van der Waals surface area contributed by atoms with E-state index in [9.17, 15) is 4.79 Å². The van der Waals surface area contributed by atoms with Gasteiger partial charge in [0, 0.05) is 30.6 Å². The predicted octanol–water partition coefficient (Wildman–Crippen LogP) is 1.79. The van der Waals surface area contributed by atoms with E-state index in [1.54, 1.807) is 35.8 Å². The van der Waals surface area contributed by atoms with Crippen LogP contribution >= 0.6 is 11.6 Å². The lowest BCUT2D eigenvalue weighted by Gasteiger charge is -2.05. The van der Waals surface area contributed by atoms with Crippen molar-refractivity contribution in [2.24, 2.45) is 0 Å². The number of aromatic nitrogens is 4. The molecule has 23 heavy (non-hydrogen) atoms. The summed E-state index contributed by atoms with van der Waals surface area (Å²) in [5.41, 5.74) is 1.19. The second-order valence-corrected chi connectivity index (χ2v) is 5.31. The van der Waals surface area contributed by atoms with Crippen molar-refractivity contribution in [2.45, 2.75) is 6.42 Å². The summed E-state index contributed by atoms with van der Waals surface area (Å²) in [6.45, 7) is 0.428. The molecule has 2 heterocycles. The summed E-state index contributed by atoms with van der Waals surface area (Å²) in [7, 11) is 1.80. The number of hydrogen-bond donors (Lipinski definition) is 2. The van der Waals surface area contributed by atoms with Gasteiger partial charge in [0.15, 0.2) is 11.5 Å². The van der Waals surface area contributed by atoms with E-state index < -0.39 is 0 Å². The monoisotopic (exact) mass is 330 g/mol. The Morgan fingerprint density at radius 2 is 2.13 bits per heavy atom. The Morgan fingerprint density at radius 1 is 1.26 bits per heavy atom. The Hall–Kier alpha value is -2.67. The minimum atomic E-state index is -0.176. The van der Waals surface area contributed by atoms with Gasteiger partial charge in [0.25, 0.3) is 5.91 Å².